The number of aryl methyl sites for hydroxylation is 3. The lowest BCUT2D eigenvalue weighted by molar-refractivity contribution is 0.267. The molecule has 0 saturated carbocycles. The summed E-state index contributed by atoms with van der Waals surface area (Å²) in [4.78, 5) is 9.01. The number of aliphatic hydroxyl groups excluding tert-OH is 1. The van der Waals surface area contributed by atoms with E-state index >= 15 is 0 Å². The Balaban J connectivity index is 2.21. The van der Waals surface area contributed by atoms with Crippen LogP contribution in [0.2, 0.25) is 0 Å². The van der Waals surface area contributed by atoms with Gasteiger partial charge in [-0.05, 0) is 45.1 Å². The van der Waals surface area contributed by atoms with Gasteiger partial charge in [0.2, 0.25) is 0 Å². The predicted octanol–water partition coefficient (Wildman–Crippen LogP) is 1.89. The largest absolute Gasteiger partial charge is 0.396 e. The Bertz CT molecular complexity index is 632. The van der Waals surface area contributed by atoms with Gasteiger partial charge in [0, 0.05) is 18.3 Å². The van der Waals surface area contributed by atoms with Crippen LogP contribution in [-0.2, 0) is 6.42 Å². The van der Waals surface area contributed by atoms with Crippen molar-refractivity contribution < 1.29 is 5.11 Å². The second-order valence-electron chi connectivity index (χ2n) is 5.35. The third kappa shape index (κ3) is 1.80. The molecule has 3 heterocycles. The zero-order valence-corrected chi connectivity index (χ0v) is 11.5. The first-order chi connectivity index (χ1) is 9.13. The summed E-state index contributed by atoms with van der Waals surface area (Å²) < 4.78 is 2.30. The molecule has 0 bridgehead atoms. The molecule has 1 atom stereocenters. The SMILES string of the molecule is Cc1nc(N)c2nc(C)n3c2c1CCC3CCCO. The van der Waals surface area contributed by atoms with Gasteiger partial charge in [0.15, 0.2) is 5.82 Å². The van der Waals surface area contributed by atoms with Crippen LogP contribution in [0.5, 0.6) is 0 Å². The van der Waals surface area contributed by atoms with Crippen molar-refractivity contribution in [3.63, 3.8) is 0 Å². The molecular weight excluding hydrogens is 240 g/mol. The van der Waals surface area contributed by atoms with Crippen molar-refractivity contribution in [1.82, 2.24) is 14.5 Å². The molecule has 0 saturated heterocycles. The molecule has 19 heavy (non-hydrogen) atoms. The zero-order chi connectivity index (χ0) is 13.6. The van der Waals surface area contributed by atoms with Gasteiger partial charge in [0.25, 0.3) is 0 Å². The summed E-state index contributed by atoms with van der Waals surface area (Å²) >= 11 is 0. The van der Waals surface area contributed by atoms with Gasteiger partial charge in [0.1, 0.15) is 11.3 Å². The summed E-state index contributed by atoms with van der Waals surface area (Å²) in [7, 11) is 0. The molecule has 0 radical (unpaired) electrons. The fraction of sp³-hybridized carbons (Fsp3) is 0.571. The standard InChI is InChI=1S/C14H20N4O/c1-8-11-6-5-10(4-3-7-19)18-9(2)17-12(13(11)18)14(15)16-8/h10,19H,3-7H2,1-2H3,(H2,15,16). The van der Waals surface area contributed by atoms with E-state index < -0.39 is 0 Å². The van der Waals surface area contributed by atoms with Gasteiger partial charge in [0.05, 0.1) is 5.52 Å². The predicted molar refractivity (Wildman–Crippen MR) is 75.1 cm³/mol. The van der Waals surface area contributed by atoms with Gasteiger partial charge in [-0.15, -0.1) is 0 Å². The Morgan fingerprint density at radius 3 is 2.89 bits per heavy atom. The normalized spacial score (nSPS) is 18.2. The number of nitrogen functional groups attached to an aromatic ring is 1. The van der Waals surface area contributed by atoms with Gasteiger partial charge >= 0.3 is 0 Å². The average molecular weight is 260 g/mol. The number of imidazole rings is 1. The lowest BCUT2D eigenvalue weighted by atomic mass is 9.95. The number of nitrogens with zero attached hydrogens (tertiary/aromatic N) is 3. The number of aliphatic hydroxyl groups is 1. The summed E-state index contributed by atoms with van der Waals surface area (Å²) in [5.41, 5.74) is 10.3. The van der Waals surface area contributed by atoms with Crippen LogP contribution in [0, 0.1) is 13.8 Å². The summed E-state index contributed by atoms with van der Waals surface area (Å²) in [6.45, 7) is 4.29. The van der Waals surface area contributed by atoms with Crippen LogP contribution >= 0.6 is 0 Å². The fourth-order valence-corrected chi connectivity index (χ4v) is 3.27. The molecule has 3 N–H and O–H groups in total. The van der Waals surface area contributed by atoms with E-state index in [1.165, 1.54) is 5.56 Å². The zero-order valence-electron chi connectivity index (χ0n) is 11.5. The van der Waals surface area contributed by atoms with Gasteiger partial charge in [-0.1, -0.05) is 0 Å². The maximum absolute atomic E-state index is 9.04. The molecule has 0 aliphatic carbocycles. The molecule has 1 aliphatic rings. The van der Waals surface area contributed by atoms with Crippen molar-refractivity contribution in [3.8, 4) is 0 Å². The minimum Gasteiger partial charge on any atom is -0.396 e. The van der Waals surface area contributed by atoms with Gasteiger partial charge in [-0.3, -0.25) is 0 Å². The van der Waals surface area contributed by atoms with Crippen LogP contribution in [0.3, 0.4) is 0 Å². The van der Waals surface area contributed by atoms with Crippen molar-refractivity contribution in [3.05, 3.63) is 17.1 Å². The number of aromatic nitrogens is 3. The smallest absolute Gasteiger partial charge is 0.151 e. The lowest BCUT2D eigenvalue weighted by Crippen LogP contribution is -2.18. The van der Waals surface area contributed by atoms with E-state index in [9.17, 15) is 0 Å². The maximum Gasteiger partial charge on any atom is 0.151 e. The number of rotatable bonds is 3. The highest BCUT2D eigenvalue weighted by Crippen LogP contribution is 2.37. The first kappa shape index (κ1) is 12.4. The number of hydrogen-bond acceptors (Lipinski definition) is 4. The Morgan fingerprint density at radius 2 is 2.16 bits per heavy atom. The quantitative estimate of drug-likeness (QED) is 0.883. The first-order valence-corrected chi connectivity index (χ1v) is 6.87. The second kappa shape index (κ2) is 4.49. The number of pyridine rings is 1. The van der Waals surface area contributed by atoms with E-state index in [1.54, 1.807) is 0 Å². The maximum atomic E-state index is 9.04. The van der Waals surface area contributed by atoms with Crippen molar-refractivity contribution in [2.45, 2.75) is 45.6 Å². The van der Waals surface area contributed by atoms with Crippen molar-refractivity contribution in [2.24, 2.45) is 0 Å². The molecule has 102 valence electrons. The average Bonchev–Trinajstić information content (AvgIpc) is 2.73. The van der Waals surface area contributed by atoms with Crippen molar-refractivity contribution in [1.29, 1.82) is 0 Å². The Morgan fingerprint density at radius 1 is 1.37 bits per heavy atom. The highest BCUT2D eigenvalue weighted by molar-refractivity contribution is 5.89. The molecule has 2 aromatic heterocycles. The van der Waals surface area contributed by atoms with Crippen LogP contribution in [-0.4, -0.2) is 26.2 Å². The summed E-state index contributed by atoms with van der Waals surface area (Å²) in [5, 5.41) is 9.04. The molecule has 1 aliphatic heterocycles. The summed E-state index contributed by atoms with van der Waals surface area (Å²) in [5.74, 6) is 1.53. The van der Waals surface area contributed by atoms with Crippen molar-refractivity contribution in [2.75, 3.05) is 12.3 Å². The molecule has 5 heteroatoms. The van der Waals surface area contributed by atoms with Gasteiger partial charge < -0.3 is 15.4 Å². The van der Waals surface area contributed by atoms with Gasteiger partial charge in [-0.2, -0.15) is 0 Å². The molecule has 3 rings (SSSR count). The molecule has 2 aromatic rings. The Labute approximate surface area is 112 Å². The van der Waals surface area contributed by atoms with Crippen LogP contribution in [0.1, 0.15) is 42.4 Å². The Hall–Kier alpha value is -1.62. The highest BCUT2D eigenvalue weighted by atomic mass is 16.2. The summed E-state index contributed by atoms with van der Waals surface area (Å²) in [6, 6.07) is 0.422. The number of nitrogens with two attached hydrogens (primary N) is 1. The third-order valence-electron chi connectivity index (χ3n) is 4.13. The second-order valence-corrected chi connectivity index (χ2v) is 5.35. The van der Waals surface area contributed by atoms with E-state index in [-0.39, 0.29) is 6.61 Å². The molecule has 0 fully saturated rings. The van der Waals surface area contributed by atoms with E-state index in [0.717, 1.165) is 48.2 Å². The molecule has 0 amide bonds. The third-order valence-corrected chi connectivity index (χ3v) is 4.13. The fourth-order valence-electron chi connectivity index (χ4n) is 3.27. The van der Waals surface area contributed by atoms with E-state index in [0.29, 0.717) is 11.9 Å². The molecule has 1 unspecified atom stereocenters. The van der Waals surface area contributed by atoms with Crippen LogP contribution < -0.4 is 5.73 Å². The van der Waals surface area contributed by atoms with Gasteiger partial charge in [-0.25, -0.2) is 9.97 Å². The van der Waals surface area contributed by atoms with Crippen molar-refractivity contribution >= 4 is 16.9 Å². The Kier molecular flexibility index (Phi) is 2.93. The molecule has 0 spiro atoms. The minimum atomic E-state index is 0.248. The van der Waals surface area contributed by atoms with Crippen LogP contribution in [0.15, 0.2) is 0 Å². The summed E-state index contributed by atoms with van der Waals surface area (Å²) in [6.07, 6.45) is 3.94. The molecule has 5 nitrogen and oxygen atoms in total. The molecular formula is C14H20N4O. The van der Waals surface area contributed by atoms with Crippen LogP contribution in [0.25, 0.3) is 11.0 Å². The monoisotopic (exact) mass is 260 g/mol. The van der Waals surface area contributed by atoms with Crippen LogP contribution in [0.4, 0.5) is 5.82 Å². The first-order valence-electron chi connectivity index (χ1n) is 6.87. The van der Waals surface area contributed by atoms with E-state index in [4.69, 9.17) is 10.8 Å². The number of hydrogen-bond donors (Lipinski definition) is 2. The number of anilines is 1. The topological polar surface area (TPSA) is 77.0 Å². The molecule has 0 aromatic carbocycles. The highest BCUT2D eigenvalue weighted by Gasteiger charge is 2.26. The van der Waals surface area contributed by atoms with E-state index in [2.05, 4.69) is 14.5 Å². The van der Waals surface area contributed by atoms with E-state index in [1.807, 2.05) is 13.8 Å². The lowest BCUT2D eigenvalue weighted by Gasteiger charge is -2.27. The minimum absolute atomic E-state index is 0.248.